The lowest BCUT2D eigenvalue weighted by molar-refractivity contribution is 0.129. The van der Waals surface area contributed by atoms with Gasteiger partial charge in [0.05, 0.1) is 5.69 Å². The number of nitrogens with two attached hydrogens (primary N) is 1. The first-order chi connectivity index (χ1) is 9.78. The van der Waals surface area contributed by atoms with Crippen LogP contribution >= 0.6 is 0 Å². The molecule has 2 N–H and O–H groups in total. The quantitative estimate of drug-likeness (QED) is 0.909. The summed E-state index contributed by atoms with van der Waals surface area (Å²) in [4.78, 5) is 7.09. The van der Waals surface area contributed by atoms with Gasteiger partial charge in [-0.1, -0.05) is 0 Å². The lowest BCUT2D eigenvalue weighted by Gasteiger charge is -2.36. The number of likely N-dealkylation sites (tertiary alicyclic amines) is 1. The van der Waals surface area contributed by atoms with Gasteiger partial charge in [-0.25, -0.2) is 4.98 Å². The Bertz CT molecular complexity index is 466. The summed E-state index contributed by atoms with van der Waals surface area (Å²) in [5, 5.41) is 0. The second kappa shape index (κ2) is 5.97. The highest BCUT2D eigenvalue weighted by molar-refractivity contribution is 5.36. The first-order valence-corrected chi connectivity index (χ1v) is 7.48. The van der Waals surface area contributed by atoms with Crippen molar-refractivity contribution in [2.24, 2.45) is 11.7 Å². The van der Waals surface area contributed by atoms with Gasteiger partial charge in [0, 0.05) is 12.6 Å². The minimum absolute atomic E-state index is 0.292. The van der Waals surface area contributed by atoms with Crippen LogP contribution in [0.5, 0.6) is 11.6 Å². The van der Waals surface area contributed by atoms with E-state index in [0.717, 1.165) is 31.1 Å². The van der Waals surface area contributed by atoms with Crippen molar-refractivity contribution in [1.29, 1.82) is 0 Å². The van der Waals surface area contributed by atoms with Crippen molar-refractivity contribution in [3.63, 3.8) is 0 Å². The fourth-order valence-electron chi connectivity index (χ4n) is 3.01. The minimum atomic E-state index is 0.292. The number of pyridine rings is 1. The summed E-state index contributed by atoms with van der Waals surface area (Å²) in [6, 6.07) is 4.31. The Hall–Kier alpha value is -1.33. The molecule has 0 saturated carbocycles. The van der Waals surface area contributed by atoms with Crippen LogP contribution in [0.25, 0.3) is 0 Å². The Morgan fingerprint density at radius 1 is 1.40 bits per heavy atom. The maximum atomic E-state index is 5.82. The molecule has 0 aliphatic carbocycles. The number of rotatable bonds is 3. The summed E-state index contributed by atoms with van der Waals surface area (Å²) >= 11 is 0. The number of ether oxygens (including phenoxy) is 2. The van der Waals surface area contributed by atoms with Crippen LogP contribution in [-0.4, -0.2) is 42.7 Å². The van der Waals surface area contributed by atoms with Crippen molar-refractivity contribution in [1.82, 2.24) is 9.88 Å². The van der Waals surface area contributed by atoms with E-state index >= 15 is 0 Å². The molecule has 2 aliphatic rings. The zero-order chi connectivity index (χ0) is 13.9. The third-order valence-corrected chi connectivity index (χ3v) is 4.29. The summed E-state index contributed by atoms with van der Waals surface area (Å²) in [6.07, 6.45) is 2.46. The van der Waals surface area contributed by atoms with Gasteiger partial charge in [0.1, 0.15) is 13.2 Å². The average molecular weight is 277 g/mol. The molecule has 0 radical (unpaired) electrons. The third kappa shape index (κ3) is 2.74. The summed E-state index contributed by atoms with van der Waals surface area (Å²) in [6.45, 7) is 6.35. The van der Waals surface area contributed by atoms with E-state index in [-0.39, 0.29) is 0 Å². The van der Waals surface area contributed by atoms with E-state index in [0.29, 0.717) is 31.1 Å². The van der Waals surface area contributed by atoms with Crippen molar-refractivity contribution in [2.45, 2.75) is 25.8 Å². The molecule has 1 aromatic rings. The highest BCUT2D eigenvalue weighted by Crippen LogP contribution is 2.32. The summed E-state index contributed by atoms with van der Waals surface area (Å²) < 4.78 is 11.1. The smallest absolute Gasteiger partial charge is 0.257 e. The minimum Gasteiger partial charge on any atom is -0.484 e. The molecule has 2 aliphatic heterocycles. The SMILES string of the molecule is CC(c1ccc2c(n1)OCCO2)N1CCC[C@H](CN)C1. The average Bonchev–Trinajstić information content (AvgIpc) is 2.53. The lowest BCUT2D eigenvalue weighted by Crippen LogP contribution is -2.40. The topological polar surface area (TPSA) is 60.6 Å². The molecule has 5 heteroatoms. The second-order valence-corrected chi connectivity index (χ2v) is 5.65. The Kier molecular flexibility index (Phi) is 4.08. The van der Waals surface area contributed by atoms with E-state index in [1.165, 1.54) is 12.8 Å². The van der Waals surface area contributed by atoms with E-state index in [1.807, 2.05) is 12.1 Å². The number of fused-ring (bicyclic) bond motifs is 1. The van der Waals surface area contributed by atoms with Crippen molar-refractivity contribution < 1.29 is 9.47 Å². The second-order valence-electron chi connectivity index (χ2n) is 5.65. The molecule has 1 aromatic heterocycles. The molecule has 5 nitrogen and oxygen atoms in total. The van der Waals surface area contributed by atoms with Crippen molar-refractivity contribution in [3.8, 4) is 11.6 Å². The molecule has 3 rings (SSSR count). The van der Waals surface area contributed by atoms with E-state index in [1.54, 1.807) is 0 Å². The summed E-state index contributed by atoms with van der Waals surface area (Å²) in [5.74, 6) is 2.00. The van der Waals surface area contributed by atoms with E-state index < -0.39 is 0 Å². The van der Waals surface area contributed by atoms with Crippen LogP contribution in [0.3, 0.4) is 0 Å². The molecular weight excluding hydrogens is 254 g/mol. The number of piperidine rings is 1. The first-order valence-electron chi connectivity index (χ1n) is 7.48. The van der Waals surface area contributed by atoms with Crippen LogP contribution in [0.15, 0.2) is 12.1 Å². The summed E-state index contributed by atoms with van der Waals surface area (Å²) in [7, 11) is 0. The first kappa shape index (κ1) is 13.6. The third-order valence-electron chi connectivity index (χ3n) is 4.29. The molecule has 20 heavy (non-hydrogen) atoms. The van der Waals surface area contributed by atoms with Crippen LogP contribution in [0.2, 0.25) is 0 Å². The molecule has 3 heterocycles. The van der Waals surface area contributed by atoms with E-state index in [9.17, 15) is 0 Å². The Morgan fingerprint density at radius 3 is 3.10 bits per heavy atom. The molecule has 0 aromatic carbocycles. The highest BCUT2D eigenvalue weighted by atomic mass is 16.6. The van der Waals surface area contributed by atoms with Crippen molar-refractivity contribution in [3.05, 3.63) is 17.8 Å². The zero-order valence-electron chi connectivity index (χ0n) is 12.0. The normalized spacial score (nSPS) is 24.4. The van der Waals surface area contributed by atoms with Gasteiger partial charge in [-0.3, -0.25) is 4.90 Å². The van der Waals surface area contributed by atoms with Crippen molar-refractivity contribution in [2.75, 3.05) is 32.8 Å². The summed E-state index contributed by atoms with van der Waals surface area (Å²) in [5.41, 5.74) is 6.86. The molecule has 110 valence electrons. The van der Waals surface area contributed by atoms with E-state index in [2.05, 4.69) is 16.8 Å². The Balaban J connectivity index is 1.74. The van der Waals surface area contributed by atoms with Gasteiger partial charge in [-0.15, -0.1) is 0 Å². The van der Waals surface area contributed by atoms with Gasteiger partial charge in [0.2, 0.25) is 0 Å². The Labute approximate surface area is 120 Å². The number of hydrogen-bond donors (Lipinski definition) is 1. The Morgan fingerprint density at radius 2 is 2.25 bits per heavy atom. The molecule has 1 unspecified atom stereocenters. The fraction of sp³-hybridized carbons (Fsp3) is 0.667. The van der Waals surface area contributed by atoms with Crippen LogP contribution in [0.4, 0.5) is 0 Å². The van der Waals surface area contributed by atoms with Gasteiger partial charge >= 0.3 is 0 Å². The van der Waals surface area contributed by atoms with Gasteiger partial charge < -0.3 is 15.2 Å². The largest absolute Gasteiger partial charge is 0.484 e. The lowest BCUT2D eigenvalue weighted by atomic mass is 9.96. The number of aromatic nitrogens is 1. The van der Waals surface area contributed by atoms with Gasteiger partial charge in [-0.05, 0) is 50.9 Å². The van der Waals surface area contributed by atoms with Gasteiger partial charge in [0.15, 0.2) is 5.75 Å². The van der Waals surface area contributed by atoms with Crippen molar-refractivity contribution >= 4 is 0 Å². The molecule has 1 saturated heterocycles. The monoisotopic (exact) mass is 277 g/mol. The molecule has 0 bridgehead atoms. The number of nitrogens with zero attached hydrogens (tertiary/aromatic N) is 2. The van der Waals surface area contributed by atoms with E-state index in [4.69, 9.17) is 15.2 Å². The van der Waals surface area contributed by atoms with Crippen LogP contribution in [0.1, 0.15) is 31.5 Å². The van der Waals surface area contributed by atoms with Gasteiger partial charge in [0.25, 0.3) is 5.88 Å². The standard InChI is InChI=1S/C15H23N3O2/c1-11(18-6-2-3-12(9-16)10-18)13-4-5-14-15(17-13)20-8-7-19-14/h4-5,11-12H,2-3,6-10,16H2,1H3/t11?,12-/m1/s1. The molecule has 2 atom stereocenters. The van der Waals surface area contributed by atoms with Crippen LogP contribution in [-0.2, 0) is 0 Å². The molecule has 0 spiro atoms. The zero-order valence-corrected chi connectivity index (χ0v) is 12.0. The van der Waals surface area contributed by atoms with Crippen LogP contribution < -0.4 is 15.2 Å². The van der Waals surface area contributed by atoms with Crippen LogP contribution in [0, 0.1) is 5.92 Å². The highest BCUT2D eigenvalue weighted by Gasteiger charge is 2.25. The maximum Gasteiger partial charge on any atom is 0.257 e. The predicted octanol–water partition coefficient (Wildman–Crippen LogP) is 1.58. The molecule has 0 amide bonds. The molecular formula is C15H23N3O2. The predicted molar refractivity (Wildman–Crippen MR) is 77.0 cm³/mol. The van der Waals surface area contributed by atoms with Gasteiger partial charge in [-0.2, -0.15) is 0 Å². The maximum absolute atomic E-state index is 5.82. The fourth-order valence-corrected chi connectivity index (χ4v) is 3.01. The number of hydrogen-bond acceptors (Lipinski definition) is 5. The molecule has 1 fully saturated rings.